The topological polar surface area (TPSA) is 60.2 Å². The van der Waals surface area contributed by atoms with Gasteiger partial charge in [-0.1, -0.05) is 0 Å². The molecule has 0 saturated heterocycles. The first-order valence-corrected chi connectivity index (χ1v) is 5.79. The first-order chi connectivity index (χ1) is 8.74. The van der Waals surface area contributed by atoms with Crippen LogP contribution < -0.4 is 11.1 Å². The molecule has 0 amide bonds. The zero-order chi connectivity index (χ0) is 13.0. The van der Waals surface area contributed by atoms with Crippen molar-refractivity contribution in [3.63, 3.8) is 0 Å². The molecule has 0 aliphatic heterocycles. The Labute approximate surface area is 105 Å². The molecular formula is C13H16FN3O. The summed E-state index contributed by atoms with van der Waals surface area (Å²) in [6, 6.07) is 4.55. The molecular weight excluding hydrogens is 233 g/mol. The number of halogens is 1. The van der Waals surface area contributed by atoms with Gasteiger partial charge in [-0.2, -0.15) is 0 Å². The number of ether oxygens (including phenoxy) is 1. The predicted octanol–water partition coefficient (Wildman–Crippen LogP) is 2.40. The molecule has 5 heteroatoms. The molecule has 96 valence electrons. The number of fused-ring (bicyclic) bond motifs is 1. The van der Waals surface area contributed by atoms with Crippen molar-refractivity contribution in [1.82, 2.24) is 4.98 Å². The molecule has 2 aromatic rings. The third kappa shape index (κ3) is 2.51. The minimum Gasteiger partial charge on any atom is -0.398 e. The number of nitrogens with two attached hydrogens (primary N) is 1. The molecule has 0 aliphatic rings. The van der Waals surface area contributed by atoms with Gasteiger partial charge in [0.25, 0.3) is 0 Å². The number of hydrogen-bond donors (Lipinski definition) is 2. The largest absolute Gasteiger partial charge is 0.398 e. The molecule has 0 aliphatic carbocycles. The van der Waals surface area contributed by atoms with Crippen LogP contribution in [0.1, 0.15) is 6.42 Å². The number of anilines is 2. The van der Waals surface area contributed by atoms with E-state index < -0.39 is 0 Å². The van der Waals surface area contributed by atoms with Crippen molar-refractivity contribution in [3.05, 3.63) is 30.2 Å². The number of hydrogen-bond acceptors (Lipinski definition) is 4. The van der Waals surface area contributed by atoms with Gasteiger partial charge in [0.2, 0.25) is 0 Å². The van der Waals surface area contributed by atoms with Gasteiger partial charge in [-0.15, -0.1) is 0 Å². The van der Waals surface area contributed by atoms with Gasteiger partial charge in [0.05, 0.1) is 5.39 Å². The van der Waals surface area contributed by atoms with Gasteiger partial charge in [-0.3, -0.25) is 0 Å². The molecule has 4 nitrogen and oxygen atoms in total. The molecule has 0 unspecified atom stereocenters. The normalized spacial score (nSPS) is 10.8. The number of rotatable bonds is 5. The number of nitrogens with one attached hydrogen (secondary N) is 1. The van der Waals surface area contributed by atoms with E-state index in [9.17, 15) is 4.39 Å². The Bertz CT molecular complexity index is 545. The zero-order valence-corrected chi connectivity index (χ0v) is 10.2. The summed E-state index contributed by atoms with van der Waals surface area (Å²) in [5.41, 5.74) is 6.41. The van der Waals surface area contributed by atoms with Gasteiger partial charge < -0.3 is 15.8 Å². The van der Waals surface area contributed by atoms with Crippen molar-refractivity contribution in [2.45, 2.75) is 6.42 Å². The molecule has 1 aromatic carbocycles. The lowest BCUT2D eigenvalue weighted by atomic mass is 10.1. The molecule has 1 aromatic heterocycles. The Morgan fingerprint density at radius 1 is 1.39 bits per heavy atom. The SMILES string of the molecule is COCCCNc1nccc2c(F)ccc(N)c12. The van der Waals surface area contributed by atoms with Crippen molar-refractivity contribution >= 4 is 22.3 Å². The Kier molecular flexibility index (Phi) is 3.94. The molecule has 0 atom stereocenters. The van der Waals surface area contributed by atoms with E-state index in [0.717, 1.165) is 6.42 Å². The van der Waals surface area contributed by atoms with Crippen LogP contribution >= 0.6 is 0 Å². The van der Waals surface area contributed by atoms with E-state index in [2.05, 4.69) is 10.3 Å². The average molecular weight is 249 g/mol. The van der Waals surface area contributed by atoms with Crippen molar-refractivity contribution < 1.29 is 9.13 Å². The van der Waals surface area contributed by atoms with Crippen LogP contribution in [0, 0.1) is 5.82 Å². The molecule has 2 rings (SSSR count). The number of nitrogen functional groups attached to an aromatic ring is 1. The number of aromatic nitrogens is 1. The summed E-state index contributed by atoms with van der Waals surface area (Å²) in [5.74, 6) is 0.321. The van der Waals surface area contributed by atoms with Gasteiger partial charge in [0.1, 0.15) is 11.6 Å². The Hall–Kier alpha value is -1.88. The van der Waals surface area contributed by atoms with Crippen LogP contribution in [-0.2, 0) is 4.74 Å². The second-order valence-electron chi connectivity index (χ2n) is 3.99. The molecule has 1 heterocycles. The van der Waals surface area contributed by atoms with E-state index in [4.69, 9.17) is 10.5 Å². The standard InChI is InChI=1S/C13H16FN3O/c1-18-8-2-6-16-13-12-9(5-7-17-13)10(14)3-4-11(12)15/h3-5,7H,2,6,8,15H2,1H3,(H,16,17). The first-order valence-electron chi connectivity index (χ1n) is 5.79. The van der Waals surface area contributed by atoms with Gasteiger partial charge in [-0.25, -0.2) is 9.37 Å². The Morgan fingerprint density at radius 3 is 3.00 bits per heavy atom. The summed E-state index contributed by atoms with van der Waals surface area (Å²) in [6.07, 6.45) is 2.42. The maximum absolute atomic E-state index is 13.7. The highest BCUT2D eigenvalue weighted by Crippen LogP contribution is 2.28. The molecule has 0 saturated carbocycles. The fraction of sp³-hybridized carbons (Fsp3) is 0.308. The van der Waals surface area contributed by atoms with E-state index in [1.807, 2.05) is 0 Å². The third-order valence-electron chi connectivity index (χ3n) is 2.72. The summed E-state index contributed by atoms with van der Waals surface area (Å²) >= 11 is 0. The van der Waals surface area contributed by atoms with Gasteiger partial charge in [0.15, 0.2) is 0 Å². The molecule has 0 spiro atoms. The lowest BCUT2D eigenvalue weighted by molar-refractivity contribution is 0.198. The van der Waals surface area contributed by atoms with Gasteiger partial charge in [0, 0.05) is 37.5 Å². The zero-order valence-electron chi connectivity index (χ0n) is 10.2. The summed E-state index contributed by atoms with van der Waals surface area (Å²) < 4.78 is 18.6. The summed E-state index contributed by atoms with van der Waals surface area (Å²) in [6.45, 7) is 1.37. The van der Waals surface area contributed by atoms with Crippen molar-refractivity contribution in [2.75, 3.05) is 31.3 Å². The lowest BCUT2D eigenvalue weighted by Crippen LogP contribution is -2.07. The maximum atomic E-state index is 13.7. The van der Waals surface area contributed by atoms with Crippen molar-refractivity contribution in [3.8, 4) is 0 Å². The van der Waals surface area contributed by atoms with E-state index in [0.29, 0.717) is 35.4 Å². The van der Waals surface area contributed by atoms with Crippen LogP contribution in [0.2, 0.25) is 0 Å². The Morgan fingerprint density at radius 2 is 2.22 bits per heavy atom. The quantitative estimate of drug-likeness (QED) is 0.631. The summed E-state index contributed by atoms with van der Waals surface area (Å²) in [5, 5.41) is 4.27. The molecule has 3 N–H and O–H groups in total. The summed E-state index contributed by atoms with van der Waals surface area (Å²) in [4.78, 5) is 4.21. The number of nitrogens with zero attached hydrogens (tertiary/aromatic N) is 1. The predicted molar refractivity (Wildman–Crippen MR) is 71.1 cm³/mol. The molecule has 18 heavy (non-hydrogen) atoms. The maximum Gasteiger partial charge on any atom is 0.136 e. The van der Waals surface area contributed by atoms with Crippen molar-refractivity contribution in [1.29, 1.82) is 0 Å². The highest BCUT2D eigenvalue weighted by molar-refractivity contribution is 6.00. The van der Waals surface area contributed by atoms with Crippen LogP contribution in [0.5, 0.6) is 0 Å². The fourth-order valence-electron chi connectivity index (χ4n) is 1.85. The number of pyridine rings is 1. The Balaban J connectivity index is 2.30. The smallest absolute Gasteiger partial charge is 0.136 e. The molecule has 0 fully saturated rings. The molecule has 0 bridgehead atoms. The van der Waals surface area contributed by atoms with Crippen LogP contribution in [0.4, 0.5) is 15.9 Å². The number of benzene rings is 1. The highest BCUT2D eigenvalue weighted by Gasteiger charge is 2.09. The van der Waals surface area contributed by atoms with E-state index in [-0.39, 0.29) is 5.82 Å². The third-order valence-corrected chi connectivity index (χ3v) is 2.72. The van der Waals surface area contributed by atoms with Crippen LogP contribution in [0.25, 0.3) is 10.8 Å². The highest BCUT2D eigenvalue weighted by atomic mass is 19.1. The van der Waals surface area contributed by atoms with Crippen molar-refractivity contribution in [2.24, 2.45) is 0 Å². The fourth-order valence-corrected chi connectivity index (χ4v) is 1.85. The summed E-state index contributed by atoms with van der Waals surface area (Å²) in [7, 11) is 1.66. The van der Waals surface area contributed by atoms with Gasteiger partial charge in [-0.05, 0) is 24.6 Å². The molecule has 0 radical (unpaired) electrons. The van der Waals surface area contributed by atoms with Gasteiger partial charge >= 0.3 is 0 Å². The van der Waals surface area contributed by atoms with Crippen LogP contribution in [0.15, 0.2) is 24.4 Å². The average Bonchev–Trinajstić information content (AvgIpc) is 2.39. The van der Waals surface area contributed by atoms with Crippen LogP contribution in [0.3, 0.4) is 0 Å². The lowest BCUT2D eigenvalue weighted by Gasteiger charge is -2.10. The van der Waals surface area contributed by atoms with E-state index >= 15 is 0 Å². The second-order valence-corrected chi connectivity index (χ2v) is 3.99. The monoisotopic (exact) mass is 249 g/mol. The van der Waals surface area contributed by atoms with E-state index in [1.54, 1.807) is 25.4 Å². The van der Waals surface area contributed by atoms with Crippen LogP contribution in [-0.4, -0.2) is 25.2 Å². The first kappa shape index (κ1) is 12.6. The minimum absolute atomic E-state index is 0.290. The minimum atomic E-state index is -0.290. The second kappa shape index (κ2) is 5.64. The van der Waals surface area contributed by atoms with E-state index in [1.165, 1.54) is 6.07 Å². The number of methoxy groups -OCH3 is 1.